The van der Waals surface area contributed by atoms with Crippen molar-refractivity contribution in [3.63, 3.8) is 0 Å². The van der Waals surface area contributed by atoms with Crippen LogP contribution in [0.25, 0.3) is 12.2 Å². The van der Waals surface area contributed by atoms with Gasteiger partial charge in [0.25, 0.3) is 0 Å². The molecule has 9 nitrogen and oxygen atoms in total. The topological polar surface area (TPSA) is 107 Å². The Balaban J connectivity index is 2.39. The fourth-order valence-electron chi connectivity index (χ4n) is 2.85. The lowest BCUT2D eigenvalue weighted by Gasteiger charge is -2.17. The molecule has 0 amide bonds. The van der Waals surface area contributed by atoms with E-state index in [1.807, 2.05) is 0 Å². The van der Waals surface area contributed by atoms with Crippen LogP contribution in [0.15, 0.2) is 42.5 Å². The van der Waals surface area contributed by atoms with Crippen LogP contribution in [-0.4, -0.2) is 45.3 Å². The molecule has 2 aromatic carbocycles. The molecule has 0 aliphatic rings. The number of esters is 3. The van der Waals surface area contributed by atoms with Gasteiger partial charge in [-0.15, -0.1) is 0 Å². The predicted octanol–water partition coefficient (Wildman–Crippen LogP) is 4.57. The zero-order valence-corrected chi connectivity index (χ0v) is 20.3. The number of rotatable bonds is 11. The minimum atomic E-state index is -0.550. The predicted molar refractivity (Wildman–Crippen MR) is 129 cm³/mol. The molecule has 0 unspecified atom stereocenters. The highest BCUT2D eigenvalue weighted by atomic mass is 16.6. The molecule has 0 radical (unpaired) electrons. The van der Waals surface area contributed by atoms with Gasteiger partial charge >= 0.3 is 17.9 Å². The van der Waals surface area contributed by atoms with Crippen LogP contribution in [0.2, 0.25) is 0 Å². The molecule has 0 fully saturated rings. The standard InChI is InChI=1S/C26H28O9/c1-17(27)32-12-6-8-20-10-11-22(23(14-20)30-4)35-25-16-21(9-7-13-33-18(2)28)15-24(31-5)26(25)34-19(3)29/h6-11,14-16H,12-13H2,1-5H3/b8-6+,9-7+. The number of carbonyl (C=O) groups is 3. The van der Waals surface area contributed by atoms with E-state index in [4.69, 9.17) is 28.4 Å². The summed E-state index contributed by atoms with van der Waals surface area (Å²) in [6.07, 6.45) is 6.84. The van der Waals surface area contributed by atoms with Gasteiger partial charge in [0.1, 0.15) is 13.2 Å². The van der Waals surface area contributed by atoms with Crippen LogP contribution in [0.3, 0.4) is 0 Å². The van der Waals surface area contributed by atoms with Crippen LogP contribution in [-0.2, 0) is 23.9 Å². The molecule has 0 atom stereocenters. The van der Waals surface area contributed by atoms with Crippen molar-refractivity contribution in [3.05, 3.63) is 53.6 Å². The van der Waals surface area contributed by atoms with Crippen molar-refractivity contribution >= 4 is 30.1 Å². The van der Waals surface area contributed by atoms with Gasteiger partial charge in [-0.2, -0.15) is 0 Å². The lowest BCUT2D eigenvalue weighted by Crippen LogP contribution is -2.05. The molecule has 0 spiro atoms. The molecular formula is C26H28O9. The molecule has 2 rings (SSSR count). The number of carbonyl (C=O) groups excluding carboxylic acids is 3. The Morgan fingerprint density at radius 1 is 0.686 bits per heavy atom. The van der Waals surface area contributed by atoms with E-state index < -0.39 is 11.9 Å². The fourth-order valence-corrected chi connectivity index (χ4v) is 2.85. The third kappa shape index (κ3) is 8.88. The summed E-state index contributed by atoms with van der Waals surface area (Å²) in [5.74, 6) is 0.0639. The maximum Gasteiger partial charge on any atom is 0.308 e. The number of benzene rings is 2. The lowest BCUT2D eigenvalue weighted by molar-refractivity contribution is -0.140. The molecule has 0 bridgehead atoms. The highest BCUT2D eigenvalue weighted by molar-refractivity contribution is 5.74. The monoisotopic (exact) mass is 484 g/mol. The quantitative estimate of drug-likeness (QED) is 0.335. The smallest absolute Gasteiger partial charge is 0.308 e. The fraction of sp³-hybridized carbons (Fsp3) is 0.269. The van der Waals surface area contributed by atoms with Gasteiger partial charge in [0.2, 0.25) is 5.75 Å². The van der Waals surface area contributed by atoms with Crippen LogP contribution in [0, 0.1) is 0 Å². The average Bonchev–Trinajstić information content (AvgIpc) is 2.81. The Labute approximate surface area is 203 Å². The second-order valence-electron chi connectivity index (χ2n) is 7.07. The van der Waals surface area contributed by atoms with Crippen molar-refractivity contribution in [1.82, 2.24) is 0 Å². The van der Waals surface area contributed by atoms with Gasteiger partial charge in [-0.25, -0.2) is 0 Å². The van der Waals surface area contributed by atoms with Gasteiger partial charge in [-0.05, 0) is 47.5 Å². The SMILES string of the molecule is COc1cc(/C=C/COC(C)=O)ccc1Oc1cc(/C=C/COC(C)=O)cc(OC)c1OC(C)=O. The first kappa shape index (κ1) is 27.0. The van der Waals surface area contributed by atoms with Crippen LogP contribution in [0.1, 0.15) is 31.9 Å². The number of ether oxygens (including phenoxy) is 6. The molecular weight excluding hydrogens is 456 g/mol. The molecule has 0 saturated heterocycles. The highest BCUT2D eigenvalue weighted by Gasteiger charge is 2.18. The van der Waals surface area contributed by atoms with E-state index in [1.54, 1.807) is 54.6 Å². The summed E-state index contributed by atoms with van der Waals surface area (Å²) in [5, 5.41) is 0. The number of hydrogen-bond donors (Lipinski definition) is 0. The summed E-state index contributed by atoms with van der Waals surface area (Å²) in [6.45, 7) is 4.19. The molecule has 2 aromatic rings. The molecule has 186 valence electrons. The molecule has 0 aliphatic carbocycles. The first-order valence-electron chi connectivity index (χ1n) is 10.6. The largest absolute Gasteiger partial charge is 0.493 e. The van der Waals surface area contributed by atoms with Crippen molar-refractivity contribution in [2.24, 2.45) is 0 Å². The van der Waals surface area contributed by atoms with Crippen molar-refractivity contribution in [2.45, 2.75) is 20.8 Å². The summed E-state index contributed by atoms with van der Waals surface area (Å²) in [4.78, 5) is 33.6. The van der Waals surface area contributed by atoms with E-state index in [2.05, 4.69) is 0 Å². The Hall–Kier alpha value is -4.27. The Morgan fingerprint density at radius 2 is 1.23 bits per heavy atom. The van der Waals surface area contributed by atoms with Crippen LogP contribution < -0.4 is 18.9 Å². The Kier molecular flexibility index (Phi) is 10.4. The minimum Gasteiger partial charge on any atom is -0.493 e. The first-order chi connectivity index (χ1) is 16.7. The maximum absolute atomic E-state index is 11.7. The van der Waals surface area contributed by atoms with Gasteiger partial charge in [0.15, 0.2) is 23.0 Å². The van der Waals surface area contributed by atoms with E-state index in [1.165, 1.54) is 35.0 Å². The van der Waals surface area contributed by atoms with Gasteiger partial charge < -0.3 is 28.4 Å². The lowest BCUT2D eigenvalue weighted by atomic mass is 10.1. The van der Waals surface area contributed by atoms with E-state index in [-0.39, 0.29) is 36.4 Å². The van der Waals surface area contributed by atoms with Crippen LogP contribution in [0.5, 0.6) is 28.7 Å². The van der Waals surface area contributed by atoms with Crippen LogP contribution in [0.4, 0.5) is 0 Å². The summed E-state index contributed by atoms with van der Waals surface area (Å²) >= 11 is 0. The summed E-state index contributed by atoms with van der Waals surface area (Å²) in [6, 6.07) is 8.53. The molecule has 0 heterocycles. The highest BCUT2D eigenvalue weighted by Crippen LogP contribution is 2.43. The zero-order valence-electron chi connectivity index (χ0n) is 20.3. The summed E-state index contributed by atoms with van der Waals surface area (Å²) < 4.78 is 32.1. The Morgan fingerprint density at radius 3 is 1.77 bits per heavy atom. The number of hydrogen-bond acceptors (Lipinski definition) is 9. The van der Waals surface area contributed by atoms with Crippen molar-refractivity contribution in [3.8, 4) is 28.7 Å². The maximum atomic E-state index is 11.7. The van der Waals surface area contributed by atoms with Gasteiger partial charge in [0, 0.05) is 20.8 Å². The van der Waals surface area contributed by atoms with Gasteiger partial charge in [-0.3, -0.25) is 14.4 Å². The summed E-state index contributed by atoms with van der Waals surface area (Å²) in [7, 11) is 2.94. The molecule has 0 aliphatic heterocycles. The third-order valence-electron chi connectivity index (χ3n) is 4.30. The molecule has 0 aromatic heterocycles. The van der Waals surface area contributed by atoms with Crippen LogP contribution >= 0.6 is 0 Å². The van der Waals surface area contributed by atoms with E-state index in [0.29, 0.717) is 17.1 Å². The van der Waals surface area contributed by atoms with E-state index in [0.717, 1.165) is 5.56 Å². The summed E-state index contributed by atoms with van der Waals surface area (Å²) in [5.41, 5.74) is 1.45. The Bertz CT molecular complexity index is 1120. The van der Waals surface area contributed by atoms with Gasteiger partial charge in [-0.1, -0.05) is 18.2 Å². The molecule has 9 heteroatoms. The minimum absolute atomic E-state index is 0.0970. The number of methoxy groups -OCH3 is 2. The molecule has 0 saturated carbocycles. The molecule has 0 N–H and O–H groups in total. The van der Waals surface area contributed by atoms with Crippen molar-refractivity contribution < 1.29 is 42.8 Å². The molecule has 35 heavy (non-hydrogen) atoms. The second kappa shape index (κ2) is 13.4. The average molecular weight is 485 g/mol. The second-order valence-corrected chi connectivity index (χ2v) is 7.07. The van der Waals surface area contributed by atoms with Crippen molar-refractivity contribution in [2.75, 3.05) is 27.4 Å². The normalized spacial score (nSPS) is 10.8. The third-order valence-corrected chi connectivity index (χ3v) is 4.30. The van der Waals surface area contributed by atoms with E-state index in [9.17, 15) is 14.4 Å². The van der Waals surface area contributed by atoms with E-state index >= 15 is 0 Å². The zero-order chi connectivity index (χ0) is 25.8. The first-order valence-corrected chi connectivity index (χ1v) is 10.6. The van der Waals surface area contributed by atoms with Gasteiger partial charge in [0.05, 0.1) is 14.2 Å². The van der Waals surface area contributed by atoms with Crippen molar-refractivity contribution in [1.29, 1.82) is 0 Å².